The number of carbonyl (C=O) groups excluding carboxylic acids is 1. The molecule has 0 unspecified atom stereocenters. The van der Waals surface area contributed by atoms with Crippen LogP contribution in [-0.4, -0.2) is 25.0 Å². The minimum atomic E-state index is -0.0585. The van der Waals surface area contributed by atoms with Crippen LogP contribution < -0.4 is 10.2 Å². The summed E-state index contributed by atoms with van der Waals surface area (Å²) in [7, 11) is 4.00. The predicted molar refractivity (Wildman–Crippen MR) is 113 cm³/mol. The molecule has 0 spiro atoms. The number of aromatic nitrogens is 1. The molecule has 1 heterocycles. The van der Waals surface area contributed by atoms with Crippen LogP contribution in [0.25, 0.3) is 10.6 Å². The van der Waals surface area contributed by atoms with E-state index in [0.29, 0.717) is 0 Å². The third kappa shape index (κ3) is 4.51. The Morgan fingerprint density at radius 2 is 2.04 bits per heavy atom. The van der Waals surface area contributed by atoms with Gasteiger partial charge >= 0.3 is 0 Å². The number of halogens is 1. The lowest BCUT2D eigenvalue weighted by Gasteiger charge is -2.15. The molecule has 0 saturated carbocycles. The molecule has 0 fully saturated rings. The zero-order valence-corrected chi connectivity index (χ0v) is 17.3. The Kier molecular flexibility index (Phi) is 5.74. The average Bonchev–Trinajstić information content (AvgIpc) is 3.05. The molecule has 3 aromatic rings. The minimum absolute atomic E-state index is 0.0585. The molecule has 1 amide bonds. The van der Waals surface area contributed by atoms with Crippen LogP contribution in [0.1, 0.15) is 11.3 Å². The van der Waals surface area contributed by atoms with Gasteiger partial charge in [0.25, 0.3) is 0 Å². The molecular formula is C20H20BrN3OS. The Morgan fingerprint density at radius 3 is 2.73 bits per heavy atom. The van der Waals surface area contributed by atoms with Crippen molar-refractivity contribution in [2.45, 2.75) is 13.3 Å². The Balaban J connectivity index is 1.67. The summed E-state index contributed by atoms with van der Waals surface area (Å²) in [5.41, 5.74) is 4.82. The highest BCUT2D eigenvalue weighted by atomic mass is 79.9. The summed E-state index contributed by atoms with van der Waals surface area (Å²) in [6, 6.07) is 14.0. The van der Waals surface area contributed by atoms with Crippen LogP contribution in [0.4, 0.5) is 11.4 Å². The molecular weight excluding hydrogens is 410 g/mol. The lowest BCUT2D eigenvalue weighted by Crippen LogP contribution is -2.16. The van der Waals surface area contributed by atoms with E-state index in [1.54, 1.807) is 11.3 Å². The Labute approximate surface area is 166 Å². The van der Waals surface area contributed by atoms with Crippen LogP contribution in [0.3, 0.4) is 0 Å². The highest BCUT2D eigenvalue weighted by Crippen LogP contribution is 2.27. The van der Waals surface area contributed by atoms with E-state index >= 15 is 0 Å². The van der Waals surface area contributed by atoms with Crippen molar-refractivity contribution >= 4 is 44.5 Å². The summed E-state index contributed by atoms with van der Waals surface area (Å²) in [6.45, 7) is 2.00. The van der Waals surface area contributed by atoms with Gasteiger partial charge in [-0.2, -0.15) is 0 Å². The Bertz CT molecular complexity index is 936. The molecule has 1 aromatic heterocycles. The molecule has 0 aliphatic rings. The maximum Gasteiger partial charge on any atom is 0.230 e. The van der Waals surface area contributed by atoms with E-state index in [2.05, 4.69) is 32.3 Å². The predicted octanol–water partition coefficient (Wildman–Crippen LogP) is 5.13. The molecule has 26 heavy (non-hydrogen) atoms. The molecule has 3 rings (SSSR count). The van der Waals surface area contributed by atoms with E-state index in [-0.39, 0.29) is 12.3 Å². The van der Waals surface area contributed by atoms with Crippen molar-refractivity contribution in [2.75, 3.05) is 24.3 Å². The third-order valence-electron chi connectivity index (χ3n) is 3.97. The summed E-state index contributed by atoms with van der Waals surface area (Å²) in [5, 5.41) is 5.84. The lowest BCUT2D eigenvalue weighted by molar-refractivity contribution is -0.115. The van der Waals surface area contributed by atoms with Crippen molar-refractivity contribution < 1.29 is 4.79 Å². The summed E-state index contributed by atoms with van der Waals surface area (Å²) in [4.78, 5) is 19.0. The zero-order valence-electron chi connectivity index (χ0n) is 14.9. The smallest absolute Gasteiger partial charge is 0.230 e. The van der Waals surface area contributed by atoms with Gasteiger partial charge in [-0.1, -0.05) is 28.1 Å². The van der Waals surface area contributed by atoms with Crippen molar-refractivity contribution in [3.8, 4) is 10.6 Å². The van der Waals surface area contributed by atoms with Crippen LogP contribution in [-0.2, 0) is 11.2 Å². The number of nitrogens with zero attached hydrogens (tertiary/aromatic N) is 2. The highest BCUT2D eigenvalue weighted by molar-refractivity contribution is 9.10. The first-order valence-corrected chi connectivity index (χ1v) is 9.88. The fourth-order valence-electron chi connectivity index (χ4n) is 2.57. The summed E-state index contributed by atoms with van der Waals surface area (Å²) < 4.78 is 1.01. The maximum absolute atomic E-state index is 12.4. The van der Waals surface area contributed by atoms with Gasteiger partial charge in [-0.05, 0) is 42.8 Å². The second kappa shape index (κ2) is 8.01. The largest absolute Gasteiger partial charge is 0.378 e. The molecule has 0 saturated heterocycles. The summed E-state index contributed by atoms with van der Waals surface area (Å²) >= 11 is 5.02. The van der Waals surface area contributed by atoms with Gasteiger partial charge in [0.15, 0.2) is 0 Å². The van der Waals surface area contributed by atoms with Crippen molar-refractivity contribution in [2.24, 2.45) is 0 Å². The van der Waals surface area contributed by atoms with Crippen LogP contribution >= 0.6 is 27.3 Å². The highest BCUT2D eigenvalue weighted by Gasteiger charge is 2.11. The standard InChI is InChI=1S/C20H20BrN3OS/c1-13-9-17(24(2)3)7-8-18(13)23-19(25)11-16-12-26-20(22-16)14-5-4-6-15(21)10-14/h4-10,12H,11H2,1-3H3,(H,23,25). The molecule has 0 aliphatic carbocycles. The van der Waals surface area contributed by atoms with Gasteiger partial charge in [-0.25, -0.2) is 4.98 Å². The molecule has 0 atom stereocenters. The SMILES string of the molecule is Cc1cc(N(C)C)ccc1NC(=O)Cc1csc(-c2cccc(Br)c2)n1. The second-order valence-corrected chi connectivity index (χ2v) is 8.05. The maximum atomic E-state index is 12.4. The van der Waals surface area contributed by atoms with E-state index < -0.39 is 0 Å². The third-order valence-corrected chi connectivity index (χ3v) is 5.40. The van der Waals surface area contributed by atoms with Crippen molar-refractivity contribution in [3.05, 3.63) is 63.6 Å². The van der Waals surface area contributed by atoms with E-state index in [9.17, 15) is 4.79 Å². The number of rotatable bonds is 5. The van der Waals surface area contributed by atoms with Crippen molar-refractivity contribution in [1.82, 2.24) is 4.98 Å². The number of aryl methyl sites for hydroxylation is 1. The molecule has 2 aromatic carbocycles. The van der Waals surface area contributed by atoms with Crippen LogP contribution in [0, 0.1) is 6.92 Å². The summed E-state index contributed by atoms with van der Waals surface area (Å²) in [5.74, 6) is -0.0585. The summed E-state index contributed by atoms with van der Waals surface area (Å²) in [6.07, 6.45) is 0.263. The normalized spacial score (nSPS) is 10.6. The lowest BCUT2D eigenvalue weighted by atomic mass is 10.1. The van der Waals surface area contributed by atoms with Crippen LogP contribution in [0.2, 0.25) is 0 Å². The van der Waals surface area contributed by atoms with Gasteiger partial charge in [-0.3, -0.25) is 4.79 Å². The van der Waals surface area contributed by atoms with Gasteiger partial charge < -0.3 is 10.2 Å². The fraction of sp³-hybridized carbons (Fsp3) is 0.200. The van der Waals surface area contributed by atoms with Gasteiger partial charge in [0.2, 0.25) is 5.91 Å². The van der Waals surface area contributed by atoms with Gasteiger partial charge in [-0.15, -0.1) is 11.3 Å². The van der Waals surface area contributed by atoms with Crippen LogP contribution in [0.5, 0.6) is 0 Å². The van der Waals surface area contributed by atoms with E-state index in [1.165, 1.54) is 0 Å². The number of thiazole rings is 1. The monoisotopic (exact) mass is 429 g/mol. The molecule has 4 nitrogen and oxygen atoms in total. The average molecular weight is 430 g/mol. The zero-order chi connectivity index (χ0) is 18.7. The molecule has 1 N–H and O–H groups in total. The number of amides is 1. The molecule has 0 bridgehead atoms. The first-order chi connectivity index (χ1) is 12.4. The Morgan fingerprint density at radius 1 is 1.23 bits per heavy atom. The number of anilines is 2. The topological polar surface area (TPSA) is 45.2 Å². The molecule has 6 heteroatoms. The number of nitrogens with one attached hydrogen (secondary N) is 1. The molecule has 134 valence electrons. The van der Waals surface area contributed by atoms with E-state index in [4.69, 9.17) is 0 Å². The Hall–Kier alpha value is -2.18. The van der Waals surface area contributed by atoms with Crippen molar-refractivity contribution in [3.63, 3.8) is 0 Å². The fourth-order valence-corrected chi connectivity index (χ4v) is 3.78. The van der Waals surface area contributed by atoms with Gasteiger partial charge in [0.1, 0.15) is 5.01 Å². The molecule has 0 aliphatic heterocycles. The van der Waals surface area contributed by atoms with Crippen LogP contribution in [0.15, 0.2) is 52.3 Å². The van der Waals surface area contributed by atoms with Crippen molar-refractivity contribution in [1.29, 1.82) is 0 Å². The minimum Gasteiger partial charge on any atom is -0.378 e. The number of hydrogen-bond donors (Lipinski definition) is 1. The second-order valence-electron chi connectivity index (χ2n) is 6.27. The van der Waals surface area contributed by atoms with Gasteiger partial charge in [0.05, 0.1) is 12.1 Å². The van der Waals surface area contributed by atoms with E-state index in [1.807, 2.05) is 67.7 Å². The first kappa shape index (κ1) is 18.6. The number of benzene rings is 2. The number of carbonyl (C=O) groups is 1. The number of hydrogen-bond acceptors (Lipinski definition) is 4. The van der Waals surface area contributed by atoms with Gasteiger partial charge in [0, 0.05) is 40.9 Å². The molecule has 0 radical (unpaired) electrons. The van der Waals surface area contributed by atoms with E-state index in [0.717, 1.165) is 37.7 Å². The quantitative estimate of drug-likeness (QED) is 0.611. The first-order valence-electron chi connectivity index (χ1n) is 8.20.